The predicted molar refractivity (Wildman–Crippen MR) is 41.1 cm³/mol. The molecule has 0 saturated heterocycles. The van der Waals surface area contributed by atoms with Gasteiger partial charge in [0.05, 0.1) is 0 Å². The maximum Gasteiger partial charge on any atom is 0.517 e. The van der Waals surface area contributed by atoms with Gasteiger partial charge in [0.25, 0.3) is 0 Å². The van der Waals surface area contributed by atoms with Gasteiger partial charge in [0, 0.05) is 24.5 Å². The minimum atomic E-state index is -5.42. The van der Waals surface area contributed by atoms with Crippen LogP contribution >= 0.6 is 0 Å². The fourth-order valence-corrected chi connectivity index (χ4v) is 1.36. The molecule has 1 rings (SSSR count). The quantitative estimate of drug-likeness (QED) is 0.703. The summed E-state index contributed by atoms with van der Waals surface area (Å²) in [5.41, 5.74) is -5.94. The number of hydrogen-bond acceptors (Lipinski definition) is 3. The van der Waals surface area contributed by atoms with Crippen molar-refractivity contribution >= 4 is 10.0 Å². The van der Waals surface area contributed by atoms with E-state index in [4.69, 9.17) is 0 Å². The molecule has 0 aliphatic rings. The van der Waals surface area contributed by atoms with Crippen molar-refractivity contribution in [1.29, 1.82) is 0 Å². The Hall–Kier alpha value is -1.31. The van der Waals surface area contributed by atoms with Crippen molar-refractivity contribution in [2.24, 2.45) is 0 Å². The summed E-state index contributed by atoms with van der Waals surface area (Å²) in [7, 11) is -5.42. The highest BCUT2D eigenvalue weighted by Crippen LogP contribution is 2.24. The topological polar surface area (TPSA) is 56.1 Å². The smallest absolute Gasteiger partial charge is 0.290 e. The summed E-state index contributed by atoms with van der Waals surface area (Å²) in [6.07, 6.45) is 1.09. The van der Waals surface area contributed by atoms with Gasteiger partial charge in [0.2, 0.25) is 0 Å². The molecule has 0 spiro atoms. The number of rotatable bonds is 1. The summed E-state index contributed by atoms with van der Waals surface area (Å²) in [6.45, 7) is 0. The molecule has 8 heteroatoms. The van der Waals surface area contributed by atoms with Gasteiger partial charge in [-0.15, -0.1) is 0 Å². The molecule has 0 atom stereocenters. The summed E-state index contributed by atoms with van der Waals surface area (Å²) in [4.78, 5) is 10.5. The van der Waals surface area contributed by atoms with Crippen molar-refractivity contribution < 1.29 is 21.6 Å². The number of pyridine rings is 1. The molecule has 0 N–H and O–H groups in total. The molecule has 1 aromatic rings. The first-order valence-corrected chi connectivity index (χ1v) is 4.69. The zero-order valence-electron chi connectivity index (χ0n) is 6.52. The molecule has 1 aromatic heterocycles. The lowest BCUT2D eigenvalue weighted by Gasteiger charge is -2.09. The SMILES string of the molecule is O=c1ccn(S(=O)(=O)C(F)(F)F)cc1. The minimum absolute atomic E-state index is 0.0611. The molecule has 0 saturated carbocycles. The number of halogens is 3. The molecular formula is C6H4F3NO3S. The first kappa shape index (κ1) is 10.8. The van der Waals surface area contributed by atoms with Gasteiger partial charge >= 0.3 is 15.5 Å². The van der Waals surface area contributed by atoms with Gasteiger partial charge in [-0.05, 0) is 0 Å². The fourth-order valence-electron chi connectivity index (χ4n) is 0.679. The van der Waals surface area contributed by atoms with Gasteiger partial charge < -0.3 is 0 Å². The summed E-state index contributed by atoms with van der Waals surface area (Å²) >= 11 is 0. The molecule has 1 heterocycles. The van der Waals surface area contributed by atoms with Crippen LogP contribution in [0.5, 0.6) is 0 Å². The summed E-state index contributed by atoms with van der Waals surface area (Å²) < 4.78 is 57.1. The molecule has 14 heavy (non-hydrogen) atoms. The van der Waals surface area contributed by atoms with Crippen LogP contribution in [0.15, 0.2) is 29.3 Å². The lowest BCUT2D eigenvalue weighted by atomic mass is 10.5. The summed E-state index contributed by atoms with van der Waals surface area (Å²) in [5.74, 6) is 0. The van der Waals surface area contributed by atoms with Gasteiger partial charge in [0.1, 0.15) is 0 Å². The van der Waals surface area contributed by atoms with Gasteiger partial charge in [-0.3, -0.25) is 4.79 Å². The van der Waals surface area contributed by atoms with Crippen LogP contribution in [0, 0.1) is 0 Å². The van der Waals surface area contributed by atoms with E-state index in [0.29, 0.717) is 12.4 Å². The average molecular weight is 227 g/mol. The van der Waals surface area contributed by atoms with E-state index < -0.39 is 21.0 Å². The molecule has 0 aliphatic heterocycles. The largest absolute Gasteiger partial charge is 0.517 e. The third kappa shape index (κ3) is 1.79. The normalized spacial score (nSPS) is 12.8. The van der Waals surface area contributed by atoms with Crippen molar-refractivity contribution in [2.75, 3.05) is 0 Å². The van der Waals surface area contributed by atoms with Crippen molar-refractivity contribution in [3.63, 3.8) is 0 Å². The van der Waals surface area contributed by atoms with Crippen LogP contribution in [0.4, 0.5) is 13.2 Å². The number of alkyl halides is 3. The Kier molecular flexibility index (Phi) is 2.40. The van der Waals surface area contributed by atoms with E-state index in [2.05, 4.69) is 0 Å². The average Bonchev–Trinajstić information content (AvgIpc) is 2.03. The third-order valence-electron chi connectivity index (χ3n) is 1.34. The molecule has 0 aromatic carbocycles. The molecule has 0 fully saturated rings. The van der Waals surface area contributed by atoms with Crippen LogP contribution in [-0.2, 0) is 10.0 Å². The molecular weight excluding hydrogens is 223 g/mol. The number of hydrogen-bond donors (Lipinski definition) is 0. The summed E-state index contributed by atoms with van der Waals surface area (Å²) in [6, 6.07) is 1.45. The van der Waals surface area contributed by atoms with Gasteiger partial charge in [0.15, 0.2) is 5.43 Å². The second kappa shape index (κ2) is 3.12. The maximum atomic E-state index is 11.9. The maximum absolute atomic E-state index is 11.9. The molecule has 0 bridgehead atoms. The third-order valence-corrected chi connectivity index (χ3v) is 2.72. The Bertz CT molecular complexity index is 467. The van der Waals surface area contributed by atoms with E-state index >= 15 is 0 Å². The molecule has 0 amide bonds. The Balaban J connectivity index is 3.32. The Morgan fingerprint density at radius 2 is 1.57 bits per heavy atom. The molecule has 0 aliphatic carbocycles. The molecule has 0 unspecified atom stereocenters. The predicted octanol–water partition coefficient (Wildman–Crippen LogP) is 0.546. The lowest BCUT2D eigenvalue weighted by molar-refractivity contribution is -0.0446. The van der Waals surface area contributed by atoms with E-state index in [0.717, 1.165) is 12.1 Å². The fraction of sp³-hybridized carbons (Fsp3) is 0.167. The highest BCUT2D eigenvalue weighted by molar-refractivity contribution is 7.90. The monoisotopic (exact) mass is 227 g/mol. The second-order valence-corrected chi connectivity index (χ2v) is 4.15. The van der Waals surface area contributed by atoms with Crippen LogP contribution in [0.1, 0.15) is 0 Å². The Labute approximate surface area is 76.6 Å². The summed E-state index contributed by atoms with van der Waals surface area (Å²) in [5, 5.41) is 0. The van der Waals surface area contributed by atoms with Crippen molar-refractivity contribution in [3.05, 3.63) is 34.7 Å². The van der Waals surface area contributed by atoms with E-state index in [1.807, 2.05) is 0 Å². The van der Waals surface area contributed by atoms with Gasteiger partial charge in [-0.2, -0.15) is 21.6 Å². The Morgan fingerprint density at radius 3 is 1.93 bits per heavy atom. The zero-order valence-corrected chi connectivity index (χ0v) is 7.34. The second-order valence-electron chi connectivity index (χ2n) is 2.31. The molecule has 78 valence electrons. The van der Waals surface area contributed by atoms with Gasteiger partial charge in [-0.25, -0.2) is 3.97 Å². The highest BCUT2D eigenvalue weighted by atomic mass is 32.2. The Morgan fingerprint density at radius 1 is 1.14 bits per heavy atom. The first-order chi connectivity index (χ1) is 6.25. The van der Waals surface area contributed by atoms with Crippen LogP contribution < -0.4 is 5.43 Å². The minimum Gasteiger partial charge on any atom is -0.290 e. The lowest BCUT2D eigenvalue weighted by Crippen LogP contribution is -2.29. The molecule has 0 radical (unpaired) electrons. The van der Waals surface area contributed by atoms with Crippen LogP contribution in [0.3, 0.4) is 0 Å². The van der Waals surface area contributed by atoms with Crippen LogP contribution in [0.2, 0.25) is 0 Å². The zero-order chi connectivity index (χ0) is 11.0. The molecule has 4 nitrogen and oxygen atoms in total. The van der Waals surface area contributed by atoms with E-state index in [1.54, 1.807) is 0 Å². The van der Waals surface area contributed by atoms with Crippen LogP contribution in [-0.4, -0.2) is 17.9 Å². The first-order valence-electron chi connectivity index (χ1n) is 3.25. The van der Waals surface area contributed by atoms with Crippen LogP contribution in [0.25, 0.3) is 0 Å². The van der Waals surface area contributed by atoms with Crippen molar-refractivity contribution in [1.82, 2.24) is 3.97 Å². The van der Waals surface area contributed by atoms with E-state index in [-0.39, 0.29) is 3.97 Å². The van der Waals surface area contributed by atoms with Crippen molar-refractivity contribution in [3.8, 4) is 0 Å². The number of aromatic nitrogens is 1. The van der Waals surface area contributed by atoms with Gasteiger partial charge in [-0.1, -0.05) is 0 Å². The van der Waals surface area contributed by atoms with Crippen molar-refractivity contribution in [2.45, 2.75) is 5.51 Å². The van der Waals surface area contributed by atoms with E-state index in [9.17, 15) is 26.4 Å². The standard InChI is InChI=1S/C6H4F3NO3S/c7-6(8,9)14(12,13)10-3-1-5(11)2-4-10/h1-4H. The highest BCUT2D eigenvalue weighted by Gasteiger charge is 2.46. The number of nitrogens with zero attached hydrogens (tertiary/aromatic N) is 1. The van der Waals surface area contributed by atoms with E-state index in [1.165, 1.54) is 0 Å².